The molecule has 1 saturated heterocycles. The number of ether oxygens (including phenoxy) is 1. The second-order valence-corrected chi connectivity index (χ2v) is 5.69. The van der Waals surface area contributed by atoms with E-state index >= 15 is 0 Å². The molecule has 1 fully saturated rings. The highest BCUT2D eigenvalue weighted by Gasteiger charge is 2.11. The molecule has 1 aliphatic heterocycles. The smallest absolute Gasteiger partial charge is 0.118 e. The molecule has 2 rings (SSSR count). The monoisotopic (exact) mass is 266 g/mol. The Labute approximate surface area is 116 Å². The molecule has 0 atom stereocenters. The Morgan fingerprint density at radius 1 is 1.32 bits per heavy atom. The van der Waals surface area contributed by atoms with Gasteiger partial charge in [-0.1, -0.05) is 13.8 Å². The zero-order valence-corrected chi connectivity index (χ0v) is 12.2. The Morgan fingerprint density at radius 2 is 2.21 bits per heavy atom. The molecule has 1 aromatic rings. The standard InChI is InChI=1S/C15H26N2O2/c1-13(2)9-16-10-14-8-15(19-12-14)11-17-4-3-6-18-7-5-17/h8,12-13,16H,3-7,9-11H2,1-2H3. The molecular weight excluding hydrogens is 240 g/mol. The highest BCUT2D eigenvalue weighted by atomic mass is 16.5. The molecule has 1 aliphatic rings. The molecule has 0 aromatic carbocycles. The Morgan fingerprint density at radius 3 is 3.05 bits per heavy atom. The summed E-state index contributed by atoms with van der Waals surface area (Å²) in [4.78, 5) is 2.40. The fourth-order valence-corrected chi connectivity index (χ4v) is 2.28. The molecule has 4 heteroatoms. The van der Waals surface area contributed by atoms with Crippen LogP contribution in [0.4, 0.5) is 0 Å². The third-order valence-electron chi connectivity index (χ3n) is 3.28. The van der Waals surface area contributed by atoms with Crippen molar-refractivity contribution in [3.8, 4) is 0 Å². The Hall–Kier alpha value is -0.840. The second kappa shape index (κ2) is 7.68. The van der Waals surface area contributed by atoms with Gasteiger partial charge in [0.05, 0.1) is 19.4 Å². The van der Waals surface area contributed by atoms with E-state index in [4.69, 9.17) is 9.15 Å². The lowest BCUT2D eigenvalue weighted by atomic mass is 10.2. The van der Waals surface area contributed by atoms with Crippen LogP contribution in [0.3, 0.4) is 0 Å². The van der Waals surface area contributed by atoms with Crippen LogP contribution in [0.2, 0.25) is 0 Å². The molecule has 0 amide bonds. The third kappa shape index (κ3) is 5.35. The van der Waals surface area contributed by atoms with Crippen LogP contribution in [0.1, 0.15) is 31.6 Å². The lowest BCUT2D eigenvalue weighted by Gasteiger charge is -2.16. The van der Waals surface area contributed by atoms with Crippen molar-refractivity contribution in [3.05, 3.63) is 23.7 Å². The van der Waals surface area contributed by atoms with Crippen molar-refractivity contribution < 1.29 is 9.15 Å². The van der Waals surface area contributed by atoms with Gasteiger partial charge in [0, 0.05) is 31.8 Å². The van der Waals surface area contributed by atoms with E-state index in [1.807, 2.05) is 6.26 Å². The van der Waals surface area contributed by atoms with Crippen molar-refractivity contribution in [2.45, 2.75) is 33.4 Å². The highest BCUT2D eigenvalue weighted by Crippen LogP contribution is 2.12. The lowest BCUT2D eigenvalue weighted by Crippen LogP contribution is -2.25. The van der Waals surface area contributed by atoms with E-state index < -0.39 is 0 Å². The van der Waals surface area contributed by atoms with Crippen molar-refractivity contribution >= 4 is 0 Å². The summed E-state index contributed by atoms with van der Waals surface area (Å²) < 4.78 is 11.1. The van der Waals surface area contributed by atoms with Crippen LogP contribution in [-0.4, -0.2) is 37.7 Å². The largest absolute Gasteiger partial charge is 0.468 e. The van der Waals surface area contributed by atoms with E-state index in [0.29, 0.717) is 5.92 Å². The highest BCUT2D eigenvalue weighted by molar-refractivity contribution is 5.12. The average molecular weight is 266 g/mol. The fourth-order valence-electron chi connectivity index (χ4n) is 2.28. The predicted octanol–water partition coefficient (Wildman–Crippen LogP) is 2.25. The molecule has 0 unspecified atom stereocenters. The summed E-state index contributed by atoms with van der Waals surface area (Å²) in [5, 5.41) is 3.43. The van der Waals surface area contributed by atoms with Gasteiger partial charge in [-0.3, -0.25) is 4.90 Å². The van der Waals surface area contributed by atoms with Crippen molar-refractivity contribution in [2.24, 2.45) is 5.92 Å². The summed E-state index contributed by atoms with van der Waals surface area (Å²) in [6, 6.07) is 2.17. The first-order chi connectivity index (χ1) is 9.24. The minimum Gasteiger partial charge on any atom is -0.468 e. The topological polar surface area (TPSA) is 37.6 Å². The van der Waals surface area contributed by atoms with E-state index in [1.54, 1.807) is 0 Å². The van der Waals surface area contributed by atoms with Gasteiger partial charge in [0.2, 0.25) is 0 Å². The van der Waals surface area contributed by atoms with Crippen LogP contribution in [0.15, 0.2) is 16.7 Å². The van der Waals surface area contributed by atoms with E-state index in [1.165, 1.54) is 5.56 Å². The van der Waals surface area contributed by atoms with Gasteiger partial charge in [-0.2, -0.15) is 0 Å². The molecule has 108 valence electrons. The summed E-state index contributed by atoms with van der Waals surface area (Å²) in [5.74, 6) is 1.74. The second-order valence-electron chi connectivity index (χ2n) is 5.69. The Kier molecular flexibility index (Phi) is 5.89. The minimum atomic E-state index is 0.684. The van der Waals surface area contributed by atoms with Crippen molar-refractivity contribution in [1.29, 1.82) is 0 Å². The maximum atomic E-state index is 5.64. The van der Waals surface area contributed by atoms with Gasteiger partial charge in [0.15, 0.2) is 0 Å². The van der Waals surface area contributed by atoms with Crippen LogP contribution in [0, 0.1) is 5.92 Å². The van der Waals surface area contributed by atoms with Crippen molar-refractivity contribution in [3.63, 3.8) is 0 Å². The van der Waals surface area contributed by atoms with Crippen molar-refractivity contribution in [2.75, 3.05) is 32.8 Å². The summed E-state index contributed by atoms with van der Waals surface area (Å²) in [7, 11) is 0. The first kappa shape index (κ1) is 14.6. The molecule has 0 bridgehead atoms. The van der Waals surface area contributed by atoms with Gasteiger partial charge in [-0.25, -0.2) is 0 Å². The zero-order chi connectivity index (χ0) is 13.5. The van der Waals surface area contributed by atoms with E-state index in [0.717, 1.165) is 58.1 Å². The van der Waals surface area contributed by atoms with Gasteiger partial charge in [-0.15, -0.1) is 0 Å². The molecule has 0 radical (unpaired) electrons. The molecular formula is C15H26N2O2. The van der Waals surface area contributed by atoms with Gasteiger partial charge < -0.3 is 14.5 Å². The van der Waals surface area contributed by atoms with E-state index in [-0.39, 0.29) is 0 Å². The summed E-state index contributed by atoms with van der Waals surface area (Å²) in [6.45, 7) is 11.1. The average Bonchev–Trinajstić information content (AvgIpc) is 2.65. The van der Waals surface area contributed by atoms with E-state index in [2.05, 4.69) is 30.1 Å². The molecule has 4 nitrogen and oxygen atoms in total. The number of nitrogens with zero attached hydrogens (tertiary/aromatic N) is 1. The minimum absolute atomic E-state index is 0.684. The van der Waals surface area contributed by atoms with Crippen LogP contribution in [0.25, 0.3) is 0 Å². The summed E-state index contributed by atoms with van der Waals surface area (Å²) >= 11 is 0. The normalized spacial score (nSPS) is 17.8. The summed E-state index contributed by atoms with van der Waals surface area (Å²) in [5.41, 5.74) is 1.24. The Bertz CT molecular complexity index is 355. The fraction of sp³-hybridized carbons (Fsp3) is 0.733. The predicted molar refractivity (Wildman–Crippen MR) is 76.0 cm³/mol. The van der Waals surface area contributed by atoms with Crippen LogP contribution in [0.5, 0.6) is 0 Å². The van der Waals surface area contributed by atoms with E-state index in [9.17, 15) is 0 Å². The van der Waals surface area contributed by atoms with Crippen molar-refractivity contribution in [1.82, 2.24) is 10.2 Å². The van der Waals surface area contributed by atoms with Gasteiger partial charge >= 0.3 is 0 Å². The van der Waals surface area contributed by atoms with Gasteiger partial charge in [-0.05, 0) is 24.9 Å². The number of hydrogen-bond donors (Lipinski definition) is 1. The molecule has 1 aromatic heterocycles. The number of rotatable bonds is 6. The molecule has 0 spiro atoms. The SMILES string of the molecule is CC(C)CNCc1coc(CN2CCCOCC2)c1. The lowest BCUT2D eigenvalue weighted by molar-refractivity contribution is 0.139. The molecule has 2 heterocycles. The van der Waals surface area contributed by atoms with Gasteiger partial charge in [0.25, 0.3) is 0 Å². The third-order valence-corrected chi connectivity index (χ3v) is 3.28. The maximum absolute atomic E-state index is 5.64. The van der Waals surface area contributed by atoms with Crippen LogP contribution in [-0.2, 0) is 17.8 Å². The number of hydrogen-bond acceptors (Lipinski definition) is 4. The summed E-state index contributed by atoms with van der Waals surface area (Å²) in [6.07, 6.45) is 2.99. The quantitative estimate of drug-likeness (QED) is 0.857. The number of furan rings is 1. The molecule has 0 saturated carbocycles. The molecule has 19 heavy (non-hydrogen) atoms. The first-order valence-electron chi connectivity index (χ1n) is 7.31. The molecule has 1 N–H and O–H groups in total. The van der Waals surface area contributed by atoms with Crippen LogP contribution < -0.4 is 5.32 Å². The number of nitrogens with one attached hydrogen (secondary N) is 1. The zero-order valence-electron chi connectivity index (χ0n) is 12.2. The Balaban J connectivity index is 1.76. The van der Waals surface area contributed by atoms with Gasteiger partial charge in [0.1, 0.15) is 5.76 Å². The molecule has 0 aliphatic carbocycles. The first-order valence-corrected chi connectivity index (χ1v) is 7.31. The maximum Gasteiger partial charge on any atom is 0.118 e. The van der Waals surface area contributed by atoms with Crippen LogP contribution >= 0.6 is 0 Å².